The van der Waals surface area contributed by atoms with E-state index in [1.54, 1.807) is 0 Å². The van der Waals surface area contributed by atoms with E-state index in [4.69, 9.17) is 11.0 Å². The van der Waals surface area contributed by atoms with Gasteiger partial charge >= 0.3 is 0 Å². The molecule has 0 aliphatic rings. The van der Waals surface area contributed by atoms with Gasteiger partial charge < -0.3 is 0 Å². The highest BCUT2D eigenvalue weighted by atomic mass is 32.2. The average Bonchev–Trinajstić information content (AvgIpc) is 1.66. The molecule has 0 amide bonds. The van der Waals surface area contributed by atoms with Crippen molar-refractivity contribution in [3.63, 3.8) is 0 Å². The van der Waals surface area contributed by atoms with Crippen LogP contribution in [0.25, 0.3) is 0 Å². The molecule has 0 radical (unpaired) electrons. The first-order chi connectivity index (χ1) is 3.77. The van der Waals surface area contributed by atoms with Crippen LogP contribution in [0.5, 0.6) is 0 Å². The molecule has 0 aromatic rings. The standard InChI is InChI=1S/C4H7NO2S/c1-2-3-4-5-8(6)7/h1,5H,3-4H2,(H,6,7). The van der Waals surface area contributed by atoms with E-state index in [0.29, 0.717) is 13.0 Å². The predicted octanol–water partition coefficient (Wildman–Crippen LogP) is -0.264. The first-order valence-electron chi connectivity index (χ1n) is 2.05. The summed E-state index contributed by atoms with van der Waals surface area (Å²) in [5, 5.41) is 0. The number of nitrogens with one attached hydrogen (secondary N) is 1. The second-order valence-corrected chi connectivity index (χ2v) is 1.88. The quantitative estimate of drug-likeness (QED) is 0.316. The van der Waals surface area contributed by atoms with E-state index >= 15 is 0 Å². The lowest BCUT2D eigenvalue weighted by atomic mass is 10.5. The van der Waals surface area contributed by atoms with Crippen LogP contribution in [0.1, 0.15) is 6.42 Å². The van der Waals surface area contributed by atoms with Crippen LogP contribution in [0, 0.1) is 12.3 Å². The Morgan fingerprint density at radius 2 is 2.50 bits per heavy atom. The van der Waals surface area contributed by atoms with Crippen molar-refractivity contribution < 1.29 is 8.76 Å². The minimum absolute atomic E-state index is 0.389. The summed E-state index contributed by atoms with van der Waals surface area (Å²) in [6.07, 6.45) is 5.32. The fourth-order valence-electron chi connectivity index (χ4n) is 0.211. The van der Waals surface area contributed by atoms with Gasteiger partial charge in [-0.15, -0.1) is 12.3 Å². The van der Waals surface area contributed by atoms with Gasteiger partial charge in [0.1, 0.15) is 0 Å². The molecule has 46 valence electrons. The summed E-state index contributed by atoms with van der Waals surface area (Å²) in [6.45, 7) is 0.389. The van der Waals surface area contributed by atoms with Crippen LogP contribution in [0.15, 0.2) is 0 Å². The molecular weight excluding hydrogens is 126 g/mol. The second-order valence-electron chi connectivity index (χ2n) is 1.10. The van der Waals surface area contributed by atoms with Gasteiger partial charge in [-0.1, -0.05) is 0 Å². The zero-order valence-corrected chi connectivity index (χ0v) is 5.07. The third-order valence-corrected chi connectivity index (χ3v) is 0.946. The van der Waals surface area contributed by atoms with Crippen molar-refractivity contribution in [1.29, 1.82) is 0 Å². The number of terminal acetylenes is 1. The molecule has 0 spiro atoms. The molecule has 4 heteroatoms. The molecule has 3 nitrogen and oxygen atoms in total. The van der Waals surface area contributed by atoms with Crippen LogP contribution in [0.2, 0.25) is 0 Å². The molecule has 0 aliphatic carbocycles. The zero-order chi connectivity index (χ0) is 6.41. The first-order valence-corrected chi connectivity index (χ1v) is 3.16. The van der Waals surface area contributed by atoms with Crippen LogP contribution in [0.4, 0.5) is 0 Å². The smallest absolute Gasteiger partial charge is 0.231 e. The van der Waals surface area contributed by atoms with Crippen LogP contribution >= 0.6 is 0 Å². The largest absolute Gasteiger partial charge is 0.294 e. The van der Waals surface area contributed by atoms with Gasteiger partial charge in [0, 0.05) is 13.0 Å². The van der Waals surface area contributed by atoms with Crippen molar-refractivity contribution in [2.75, 3.05) is 6.54 Å². The minimum Gasteiger partial charge on any atom is -0.294 e. The highest BCUT2D eigenvalue weighted by Crippen LogP contribution is 1.69. The SMILES string of the molecule is C#CCCNS(=O)O. The van der Waals surface area contributed by atoms with Gasteiger partial charge in [0.15, 0.2) is 0 Å². The van der Waals surface area contributed by atoms with Crippen molar-refractivity contribution >= 4 is 11.3 Å². The summed E-state index contributed by atoms with van der Waals surface area (Å²) in [5.41, 5.74) is 0. The van der Waals surface area contributed by atoms with E-state index in [9.17, 15) is 4.21 Å². The van der Waals surface area contributed by atoms with Crippen LogP contribution in [-0.4, -0.2) is 15.3 Å². The summed E-state index contributed by atoms with van der Waals surface area (Å²) in [5.74, 6) is 2.32. The fourth-order valence-corrected chi connectivity index (χ4v) is 0.487. The molecule has 8 heavy (non-hydrogen) atoms. The Balaban J connectivity index is 2.97. The third-order valence-electron chi connectivity index (χ3n) is 0.495. The zero-order valence-electron chi connectivity index (χ0n) is 4.26. The van der Waals surface area contributed by atoms with E-state index in [2.05, 4.69) is 10.6 Å². The molecule has 0 aromatic carbocycles. The first kappa shape index (κ1) is 7.63. The molecule has 1 atom stereocenters. The molecule has 0 rings (SSSR count). The fraction of sp³-hybridized carbons (Fsp3) is 0.500. The molecule has 0 fully saturated rings. The molecule has 0 heterocycles. The van der Waals surface area contributed by atoms with Crippen LogP contribution in [-0.2, 0) is 11.3 Å². The molecule has 0 saturated heterocycles. The monoisotopic (exact) mass is 133 g/mol. The Hall–Kier alpha value is -0.370. The van der Waals surface area contributed by atoms with Gasteiger partial charge in [-0.2, -0.15) is 0 Å². The maximum absolute atomic E-state index is 9.81. The Kier molecular flexibility index (Phi) is 4.56. The summed E-state index contributed by atoms with van der Waals surface area (Å²) in [7, 11) is 0. The summed E-state index contributed by atoms with van der Waals surface area (Å²) in [6, 6.07) is 0. The van der Waals surface area contributed by atoms with Gasteiger partial charge in [0.2, 0.25) is 11.3 Å². The van der Waals surface area contributed by atoms with Gasteiger partial charge in [-0.3, -0.25) is 4.55 Å². The molecular formula is C4H7NO2S. The summed E-state index contributed by atoms with van der Waals surface area (Å²) >= 11 is -1.91. The normalized spacial score (nSPS) is 12.5. The topological polar surface area (TPSA) is 49.3 Å². The van der Waals surface area contributed by atoms with E-state index in [-0.39, 0.29) is 0 Å². The van der Waals surface area contributed by atoms with Gasteiger partial charge in [-0.25, -0.2) is 8.93 Å². The molecule has 0 bridgehead atoms. The Morgan fingerprint density at radius 1 is 1.88 bits per heavy atom. The van der Waals surface area contributed by atoms with E-state index in [0.717, 1.165) is 0 Å². The minimum atomic E-state index is -1.91. The van der Waals surface area contributed by atoms with Gasteiger partial charge in [0.25, 0.3) is 0 Å². The van der Waals surface area contributed by atoms with Crippen molar-refractivity contribution in [3.05, 3.63) is 0 Å². The predicted molar refractivity (Wildman–Crippen MR) is 32.2 cm³/mol. The molecule has 2 N–H and O–H groups in total. The third kappa shape index (κ3) is 5.63. The molecule has 1 unspecified atom stereocenters. The molecule has 0 saturated carbocycles. The lowest BCUT2D eigenvalue weighted by molar-refractivity contribution is 0.550. The van der Waals surface area contributed by atoms with Crippen molar-refractivity contribution in [2.24, 2.45) is 0 Å². The Labute approximate surface area is 50.9 Å². The highest BCUT2D eigenvalue weighted by molar-refractivity contribution is 7.77. The molecule has 0 aliphatic heterocycles. The van der Waals surface area contributed by atoms with E-state index in [1.807, 2.05) is 0 Å². The highest BCUT2D eigenvalue weighted by Gasteiger charge is 1.85. The van der Waals surface area contributed by atoms with Crippen molar-refractivity contribution in [2.45, 2.75) is 6.42 Å². The lowest BCUT2D eigenvalue weighted by Crippen LogP contribution is -2.16. The van der Waals surface area contributed by atoms with Crippen LogP contribution in [0.3, 0.4) is 0 Å². The molecule has 0 aromatic heterocycles. The van der Waals surface area contributed by atoms with E-state index in [1.165, 1.54) is 0 Å². The number of hydrogen-bond donors (Lipinski definition) is 2. The maximum Gasteiger partial charge on any atom is 0.231 e. The maximum atomic E-state index is 9.81. The van der Waals surface area contributed by atoms with Crippen molar-refractivity contribution in [1.82, 2.24) is 4.72 Å². The average molecular weight is 133 g/mol. The lowest BCUT2D eigenvalue weighted by Gasteiger charge is -1.90. The Morgan fingerprint density at radius 3 is 2.88 bits per heavy atom. The number of hydrogen-bond acceptors (Lipinski definition) is 1. The number of rotatable bonds is 3. The Bertz CT molecular complexity index is 118. The van der Waals surface area contributed by atoms with Gasteiger partial charge in [-0.05, 0) is 0 Å². The van der Waals surface area contributed by atoms with Gasteiger partial charge in [0.05, 0.1) is 0 Å². The van der Waals surface area contributed by atoms with E-state index < -0.39 is 11.3 Å². The second kappa shape index (κ2) is 4.78. The summed E-state index contributed by atoms with van der Waals surface area (Å²) in [4.78, 5) is 0. The van der Waals surface area contributed by atoms with Crippen molar-refractivity contribution in [3.8, 4) is 12.3 Å². The summed E-state index contributed by atoms with van der Waals surface area (Å²) < 4.78 is 20.1. The van der Waals surface area contributed by atoms with Crippen LogP contribution < -0.4 is 4.72 Å².